The van der Waals surface area contributed by atoms with E-state index in [0.29, 0.717) is 16.4 Å². The first-order valence-electron chi connectivity index (χ1n) is 10.4. The summed E-state index contributed by atoms with van der Waals surface area (Å²) in [4.78, 5) is 14.9. The van der Waals surface area contributed by atoms with Gasteiger partial charge in [-0.1, -0.05) is 48.5 Å². The topological polar surface area (TPSA) is 86.8 Å². The van der Waals surface area contributed by atoms with Crippen LogP contribution in [0.5, 0.6) is 0 Å². The maximum Gasteiger partial charge on any atom is 0.234 e. The predicted molar refractivity (Wildman–Crippen MR) is 121 cm³/mol. The minimum absolute atomic E-state index is 0.175. The Morgan fingerprint density at radius 3 is 2.55 bits per heavy atom. The van der Waals surface area contributed by atoms with E-state index < -0.39 is 0 Å². The lowest BCUT2D eigenvalue weighted by atomic mass is 10.1. The fourth-order valence-corrected chi connectivity index (χ4v) is 4.43. The maximum absolute atomic E-state index is 12.5. The Bertz CT molecular complexity index is 1070. The molecule has 2 heterocycles. The number of nitrogens with zero attached hydrogens (tertiary/aromatic N) is 5. The Morgan fingerprint density at radius 1 is 1.03 bits per heavy atom. The summed E-state index contributed by atoms with van der Waals surface area (Å²) in [6, 6.07) is 19.1. The van der Waals surface area contributed by atoms with Crippen LogP contribution in [-0.2, 0) is 11.3 Å². The number of para-hydroxylation sites is 2. The van der Waals surface area contributed by atoms with Gasteiger partial charge in [-0.2, -0.15) is 5.26 Å². The molecule has 0 radical (unpaired) electrons. The van der Waals surface area contributed by atoms with E-state index in [1.807, 2.05) is 34.9 Å². The van der Waals surface area contributed by atoms with Gasteiger partial charge in [0, 0.05) is 5.69 Å². The van der Waals surface area contributed by atoms with Gasteiger partial charge in [-0.05, 0) is 50.2 Å². The van der Waals surface area contributed by atoms with Crippen LogP contribution < -0.4 is 5.32 Å². The quantitative estimate of drug-likeness (QED) is 0.571. The second-order valence-electron chi connectivity index (χ2n) is 7.40. The molecule has 0 unspecified atom stereocenters. The molecule has 4 rings (SSSR count). The number of thioether (sulfide) groups is 1. The number of hydrogen-bond acceptors (Lipinski definition) is 6. The summed E-state index contributed by atoms with van der Waals surface area (Å²) in [5.74, 6) is 0.868. The molecule has 0 atom stereocenters. The molecule has 158 valence electrons. The Morgan fingerprint density at radius 2 is 1.77 bits per heavy atom. The molecular weight excluding hydrogens is 408 g/mol. The van der Waals surface area contributed by atoms with Gasteiger partial charge in [0.2, 0.25) is 5.91 Å². The summed E-state index contributed by atoms with van der Waals surface area (Å²) < 4.78 is 2.04. The van der Waals surface area contributed by atoms with Crippen molar-refractivity contribution in [2.45, 2.75) is 31.0 Å². The summed E-state index contributed by atoms with van der Waals surface area (Å²) >= 11 is 1.34. The number of anilines is 1. The molecule has 3 aromatic rings. The average Bonchev–Trinajstić information content (AvgIpc) is 3.21. The number of piperidine rings is 1. The van der Waals surface area contributed by atoms with Gasteiger partial charge in [-0.25, -0.2) is 0 Å². The molecule has 0 aliphatic carbocycles. The van der Waals surface area contributed by atoms with Gasteiger partial charge in [0.15, 0.2) is 11.0 Å². The van der Waals surface area contributed by atoms with Crippen molar-refractivity contribution in [1.82, 2.24) is 19.7 Å². The fourth-order valence-electron chi connectivity index (χ4n) is 3.66. The molecule has 8 heteroatoms. The minimum Gasteiger partial charge on any atom is -0.324 e. The van der Waals surface area contributed by atoms with E-state index in [-0.39, 0.29) is 11.7 Å². The van der Waals surface area contributed by atoms with Crippen LogP contribution in [0.1, 0.15) is 30.7 Å². The molecule has 0 spiro atoms. The summed E-state index contributed by atoms with van der Waals surface area (Å²) in [6.07, 6.45) is 3.71. The number of nitrogens with one attached hydrogen (secondary N) is 1. The second kappa shape index (κ2) is 10.2. The van der Waals surface area contributed by atoms with E-state index in [9.17, 15) is 10.1 Å². The van der Waals surface area contributed by atoms with Crippen molar-refractivity contribution in [3.05, 3.63) is 66.0 Å². The van der Waals surface area contributed by atoms with Crippen LogP contribution in [0.4, 0.5) is 5.69 Å². The van der Waals surface area contributed by atoms with Crippen molar-refractivity contribution in [2.24, 2.45) is 0 Å². The molecule has 2 aromatic carbocycles. The number of carbonyl (C=O) groups excluding carboxylic acids is 1. The van der Waals surface area contributed by atoms with Gasteiger partial charge in [0.1, 0.15) is 6.07 Å². The minimum atomic E-state index is -0.187. The van der Waals surface area contributed by atoms with E-state index in [2.05, 4.69) is 26.5 Å². The average molecular weight is 433 g/mol. The normalized spacial score (nSPS) is 14.2. The third kappa shape index (κ3) is 5.32. The molecule has 0 saturated carbocycles. The predicted octanol–water partition coefficient (Wildman–Crippen LogP) is 3.86. The van der Waals surface area contributed by atoms with Crippen molar-refractivity contribution in [3.63, 3.8) is 0 Å². The highest BCUT2D eigenvalue weighted by atomic mass is 32.2. The van der Waals surface area contributed by atoms with Crippen LogP contribution in [0.3, 0.4) is 0 Å². The zero-order valence-electron chi connectivity index (χ0n) is 17.2. The Kier molecular flexibility index (Phi) is 6.97. The molecule has 1 aliphatic rings. The first kappa shape index (κ1) is 21.1. The smallest absolute Gasteiger partial charge is 0.234 e. The van der Waals surface area contributed by atoms with Crippen LogP contribution >= 0.6 is 11.8 Å². The lowest BCUT2D eigenvalue weighted by Crippen LogP contribution is -2.30. The zero-order valence-corrected chi connectivity index (χ0v) is 18.0. The fraction of sp³-hybridized carbons (Fsp3) is 0.304. The lowest BCUT2D eigenvalue weighted by Gasteiger charge is -2.26. The van der Waals surface area contributed by atoms with Gasteiger partial charge >= 0.3 is 0 Å². The number of hydrogen-bond donors (Lipinski definition) is 1. The Balaban J connectivity index is 1.49. The van der Waals surface area contributed by atoms with E-state index in [0.717, 1.165) is 31.1 Å². The van der Waals surface area contributed by atoms with E-state index in [1.54, 1.807) is 24.3 Å². The zero-order chi connectivity index (χ0) is 21.5. The highest BCUT2D eigenvalue weighted by Gasteiger charge is 2.19. The molecule has 7 nitrogen and oxygen atoms in total. The number of amides is 1. The number of carbonyl (C=O) groups is 1. The van der Waals surface area contributed by atoms with Crippen molar-refractivity contribution in [1.29, 1.82) is 5.26 Å². The van der Waals surface area contributed by atoms with Crippen molar-refractivity contribution in [2.75, 3.05) is 24.2 Å². The first-order valence-corrected chi connectivity index (χ1v) is 11.4. The lowest BCUT2D eigenvalue weighted by molar-refractivity contribution is -0.113. The number of benzene rings is 2. The van der Waals surface area contributed by atoms with Crippen LogP contribution in [-0.4, -0.2) is 44.4 Å². The van der Waals surface area contributed by atoms with Gasteiger partial charge in [0.25, 0.3) is 0 Å². The number of nitriles is 1. The number of likely N-dealkylation sites (tertiary alicyclic amines) is 1. The van der Waals surface area contributed by atoms with Gasteiger partial charge in [-0.15, -0.1) is 10.2 Å². The van der Waals surface area contributed by atoms with Crippen LogP contribution in [0.2, 0.25) is 0 Å². The standard InChI is InChI=1S/C23H24N6OS/c24-15-18-9-5-6-12-20(18)25-22(30)17-31-23-27-26-21(16-28-13-7-2-8-14-28)29(23)19-10-3-1-4-11-19/h1,3-6,9-12H,2,7-8,13-14,16-17H2,(H,25,30). The van der Waals surface area contributed by atoms with E-state index in [1.165, 1.54) is 31.0 Å². The molecule has 1 aliphatic heterocycles. The van der Waals surface area contributed by atoms with Gasteiger partial charge < -0.3 is 5.32 Å². The summed E-state index contributed by atoms with van der Waals surface area (Å²) in [5, 5.41) is 21.5. The van der Waals surface area contributed by atoms with Crippen molar-refractivity contribution in [3.8, 4) is 11.8 Å². The van der Waals surface area contributed by atoms with Crippen LogP contribution in [0.15, 0.2) is 59.8 Å². The molecule has 0 bridgehead atoms. The van der Waals surface area contributed by atoms with Gasteiger partial charge in [0.05, 0.1) is 23.5 Å². The Hall–Kier alpha value is -3.15. The SMILES string of the molecule is N#Cc1ccccc1NC(=O)CSc1nnc(CN2CCCCC2)n1-c1ccccc1. The van der Waals surface area contributed by atoms with Crippen molar-refractivity contribution >= 4 is 23.4 Å². The van der Waals surface area contributed by atoms with Gasteiger partial charge in [-0.3, -0.25) is 14.3 Å². The summed E-state index contributed by atoms with van der Waals surface area (Å²) in [7, 11) is 0. The van der Waals surface area contributed by atoms with Crippen LogP contribution in [0, 0.1) is 11.3 Å². The molecule has 31 heavy (non-hydrogen) atoms. The molecule has 1 amide bonds. The summed E-state index contributed by atoms with van der Waals surface area (Å²) in [5.41, 5.74) is 1.94. The molecular formula is C23H24N6OS. The highest BCUT2D eigenvalue weighted by Crippen LogP contribution is 2.24. The Labute approximate surface area is 186 Å². The maximum atomic E-state index is 12.5. The van der Waals surface area contributed by atoms with Crippen molar-refractivity contribution < 1.29 is 4.79 Å². The number of rotatable bonds is 7. The summed E-state index contributed by atoms with van der Waals surface area (Å²) in [6.45, 7) is 2.89. The highest BCUT2D eigenvalue weighted by molar-refractivity contribution is 7.99. The van der Waals surface area contributed by atoms with E-state index in [4.69, 9.17) is 0 Å². The van der Waals surface area contributed by atoms with E-state index >= 15 is 0 Å². The molecule has 1 aromatic heterocycles. The third-order valence-electron chi connectivity index (χ3n) is 5.18. The monoisotopic (exact) mass is 432 g/mol. The molecule has 1 fully saturated rings. The largest absolute Gasteiger partial charge is 0.324 e. The molecule has 1 N–H and O–H groups in total. The first-order chi connectivity index (χ1) is 15.2. The second-order valence-corrected chi connectivity index (χ2v) is 8.34. The third-order valence-corrected chi connectivity index (χ3v) is 6.11. The van der Waals surface area contributed by atoms with Crippen LogP contribution in [0.25, 0.3) is 5.69 Å². The number of aromatic nitrogens is 3. The molecule has 1 saturated heterocycles.